The van der Waals surface area contributed by atoms with Gasteiger partial charge in [-0.15, -0.1) is 0 Å². The van der Waals surface area contributed by atoms with Gasteiger partial charge in [0.2, 0.25) is 0 Å². The smallest absolute Gasteiger partial charge is 0.343 e. The van der Waals surface area contributed by atoms with E-state index in [4.69, 9.17) is 27.9 Å². The van der Waals surface area contributed by atoms with E-state index < -0.39 is 11.9 Å². The number of benzene rings is 3. The van der Waals surface area contributed by atoms with Crippen molar-refractivity contribution >= 4 is 40.8 Å². The number of hydrogen-bond donors (Lipinski definition) is 1. The number of ether oxygens (including phenoxy) is 1. The Bertz CT molecular complexity index is 941. The molecule has 0 aromatic heterocycles. The van der Waals surface area contributed by atoms with E-state index in [2.05, 4.69) is 5.32 Å². The van der Waals surface area contributed by atoms with Crippen LogP contribution < -0.4 is 10.1 Å². The number of rotatable bonds is 4. The molecule has 4 nitrogen and oxygen atoms in total. The zero-order chi connectivity index (χ0) is 18.5. The molecular weight excluding hydrogens is 373 g/mol. The molecule has 3 aromatic carbocycles. The van der Waals surface area contributed by atoms with Crippen molar-refractivity contribution in [1.29, 1.82) is 0 Å². The highest BCUT2D eigenvalue weighted by Crippen LogP contribution is 2.26. The van der Waals surface area contributed by atoms with E-state index in [1.165, 1.54) is 12.1 Å². The highest BCUT2D eigenvalue weighted by atomic mass is 35.5. The molecule has 0 aliphatic carbocycles. The summed E-state index contributed by atoms with van der Waals surface area (Å²) in [6, 6.07) is 19.6. The van der Waals surface area contributed by atoms with Crippen molar-refractivity contribution in [3.63, 3.8) is 0 Å². The molecule has 0 radical (unpaired) electrons. The van der Waals surface area contributed by atoms with Gasteiger partial charge in [-0.05, 0) is 48.5 Å². The Morgan fingerprint density at radius 2 is 1.46 bits per heavy atom. The SMILES string of the molecule is O=C(Oc1cc(Cl)ccc1C(=O)Nc1ccc(Cl)cc1)c1ccccc1. The van der Waals surface area contributed by atoms with Gasteiger partial charge >= 0.3 is 5.97 Å². The Balaban J connectivity index is 1.84. The first kappa shape index (κ1) is 18.0. The predicted octanol–water partition coefficient (Wildman–Crippen LogP) is 5.46. The van der Waals surface area contributed by atoms with Crippen LogP contribution in [0, 0.1) is 0 Å². The molecule has 130 valence electrons. The second-order valence-electron chi connectivity index (χ2n) is 5.36. The maximum Gasteiger partial charge on any atom is 0.343 e. The molecule has 0 bridgehead atoms. The van der Waals surface area contributed by atoms with Crippen LogP contribution in [-0.4, -0.2) is 11.9 Å². The van der Waals surface area contributed by atoms with Crippen LogP contribution in [0.15, 0.2) is 72.8 Å². The molecular formula is C20H13Cl2NO3. The van der Waals surface area contributed by atoms with Gasteiger partial charge in [0.15, 0.2) is 0 Å². The average molecular weight is 386 g/mol. The normalized spacial score (nSPS) is 10.2. The van der Waals surface area contributed by atoms with Crippen LogP contribution in [0.2, 0.25) is 10.0 Å². The van der Waals surface area contributed by atoms with Crippen LogP contribution >= 0.6 is 23.2 Å². The van der Waals surface area contributed by atoms with Crippen LogP contribution in [0.5, 0.6) is 5.75 Å². The van der Waals surface area contributed by atoms with Crippen LogP contribution in [-0.2, 0) is 0 Å². The Kier molecular flexibility index (Phi) is 5.56. The summed E-state index contributed by atoms with van der Waals surface area (Å²) in [5, 5.41) is 3.64. The van der Waals surface area contributed by atoms with Crippen LogP contribution in [0.3, 0.4) is 0 Å². The third-order valence-electron chi connectivity index (χ3n) is 3.50. The van der Waals surface area contributed by atoms with Gasteiger partial charge in [-0.25, -0.2) is 4.79 Å². The standard InChI is InChI=1S/C20H13Cl2NO3/c21-14-6-9-16(10-7-14)23-19(24)17-11-8-15(22)12-18(17)26-20(25)13-4-2-1-3-5-13/h1-12H,(H,23,24). The summed E-state index contributed by atoms with van der Waals surface area (Å²) in [6.07, 6.45) is 0. The minimum Gasteiger partial charge on any atom is -0.422 e. The third kappa shape index (κ3) is 4.42. The molecule has 0 aliphatic rings. The molecule has 6 heteroatoms. The van der Waals surface area contributed by atoms with E-state index in [-0.39, 0.29) is 11.3 Å². The molecule has 0 fully saturated rings. The van der Waals surface area contributed by atoms with Crippen LogP contribution in [0.4, 0.5) is 5.69 Å². The second kappa shape index (κ2) is 8.04. The summed E-state index contributed by atoms with van der Waals surface area (Å²) in [5.74, 6) is -0.925. The van der Waals surface area contributed by atoms with Crippen molar-refractivity contribution in [1.82, 2.24) is 0 Å². The molecule has 0 heterocycles. The van der Waals surface area contributed by atoms with E-state index >= 15 is 0 Å². The minimum atomic E-state index is -0.576. The van der Waals surface area contributed by atoms with E-state index in [1.54, 1.807) is 60.7 Å². The van der Waals surface area contributed by atoms with Gasteiger partial charge < -0.3 is 10.1 Å². The fourth-order valence-corrected chi connectivity index (χ4v) is 2.52. The number of carbonyl (C=O) groups is 2. The molecule has 0 atom stereocenters. The fraction of sp³-hybridized carbons (Fsp3) is 0. The summed E-state index contributed by atoms with van der Waals surface area (Å²) in [6.45, 7) is 0. The van der Waals surface area contributed by atoms with E-state index in [0.717, 1.165) is 0 Å². The number of anilines is 1. The lowest BCUT2D eigenvalue weighted by Gasteiger charge is -2.11. The van der Waals surface area contributed by atoms with Crippen molar-refractivity contribution in [2.75, 3.05) is 5.32 Å². The molecule has 0 unspecified atom stereocenters. The number of esters is 1. The zero-order valence-corrected chi connectivity index (χ0v) is 14.9. The number of carbonyl (C=O) groups excluding carboxylic acids is 2. The third-order valence-corrected chi connectivity index (χ3v) is 3.99. The summed E-state index contributed by atoms with van der Waals surface area (Å²) in [7, 11) is 0. The molecule has 0 aliphatic heterocycles. The van der Waals surface area contributed by atoms with Crippen molar-refractivity contribution in [3.8, 4) is 5.75 Å². The van der Waals surface area contributed by atoms with Gasteiger partial charge in [-0.1, -0.05) is 41.4 Å². The lowest BCUT2D eigenvalue weighted by Crippen LogP contribution is -2.16. The molecule has 0 spiro atoms. The highest BCUT2D eigenvalue weighted by Gasteiger charge is 2.17. The van der Waals surface area contributed by atoms with E-state index in [1.807, 2.05) is 0 Å². The Hall–Kier alpha value is -2.82. The number of nitrogens with one attached hydrogen (secondary N) is 1. The predicted molar refractivity (Wildman–Crippen MR) is 102 cm³/mol. The molecule has 3 rings (SSSR count). The van der Waals surface area contributed by atoms with Crippen molar-refractivity contribution < 1.29 is 14.3 Å². The zero-order valence-electron chi connectivity index (χ0n) is 13.4. The van der Waals surface area contributed by atoms with Gasteiger partial charge in [0, 0.05) is 21.8 Å². The Morgan fingerprint density at radius 1 is 0.808 bits per heavy atom. The van der Waals surface area contributed by atoms with Crippen LogP contribution in [0.1, 0.15) is 20.7 Å². The first-order valence-electron chi connectivity index (χ1n) is 7.66. The first-order valence-corrected chi connectivity index (χ1v) is 8.42. The number of hydrogen-bond acceptors (Lipinski definition) is 3. The van der Waals surface area contributed by atoms with Gasteiger partial charge in [-0.3, -0.25) is 4.79 Å². The molecule has 0 saturated heterocycles. The topological polar surface area (TPSA) is 55.4 Å². The molecule has 26 heavy (non-hydrogen) atoms. The van der Waals surface area contributed by atoms with E-state index in [9.17, 15) is 9.59 Å². The van der Waals surface area contributed by atoms with Crippen molar-refractivity contribution in [3.05, 3.63) is 94.0 Å². The van der Waals surface area contributed by atoms with Crippen LogP contribution in [0.25, 0.3) is 0 Å². The lowest BCUT2D eigenvalue weighted by atomic mass is 10.1. The monoisotopic (exact) mass is 385 g/mol. The highest BCUT2D eigenvalue weighted by molar-refractivity contribution is 6.31. The molecule has 1 amide bonds. The lowest BCUT2D eigenvalue weighted by molar-refractivity contribution is 0.0733. The summed E-state index contributed by atoms with van der Waals surface area (Å²) in [4.78, 5) is 24.9. The van der Waals surface area contributed by atoms with E-state index in [0.29, 0.717) is 21.3 Å². The molecule has 3 aromatic rings. The summed E-state index contributed by atoms with van der Waals surface area (Å²) < 4.78 is 5.39. The molecule has 1 N–H and O–H groups in total. The molecule has 0 saturated carbocycles. The maximum atomic E-state index is 12.6. The Labute approximate surface area is 160 Å². The summed E-state index contributed by atoms with van der Waals surface area (Å²) >= 11 is 11.8. The van der Waals surface area contributed by atoms with Crippen molar-refractivity contribution in [2.24, 2.45) is 0 Å². The van der Waals surface area contributed by atoms with Gasteiger partial charge in [0.1, 0.15) is 5.75 Å². The van der Waals surface area contributed by atoms with Crippen molar-refractivity contribution in [2.45, 2.75) is 0 Å². The second-order valence-corrected chi connectivity index (χ2v) is 6.23. The fourth-order valence-electron chi connectivity index (χ4n) is 2.23. The van der Waals surface area contributed by atoms with Gasteiger partial charge in [-0.2, -0.15) is 0 Å². The largest absolute Gasteiger partial charge is 0.422 e. The maximum absolute atomic E-state index is 12.6. The number of halogens is 2. The van der Waals surface area contributed by atoms with Gasteiger partial charge in [0.25, 0.3) is 5.91 Å². The number of amides is 1. The minimum absolute atomic E-state index is 0.0813. The Morgan fingerprint density at radius 3 is 2.15 bits per heavy atom. The average Bonchev–Trinajstić information content (AvgIpc) is 2.64. The van der Waals surface area contributed by atoms with Gasteiger partial charge in [0.05, 0.1) is 11.1 Å². The first-order chi connectivity index (χ1) is 12.5. The summed E-state index contributed by atoms with van der Waals surface area (Å²) in [5.41, 5.74) is 1.12. The quantitative estimate of drug-likeness (QED) is 0.478.